The third-order valence-corrected chi connectivity index (χ3v) is 2.81. The van der Waals surface area contributed by atoms with Crippen LogP contribution in [0.1, 0.15) is 51.5 Å². The van der Waals surface area contributed by atoms with Gasteiger partial charge in [0.1, 0.15) is 5.75 Å². The molecule has 1 aromatic rings. The molecule has 0 aliphatic carbocycles. The van der Waals surface area contributed by atoms with E-state index in [1.165, 1.54) is 18.4 Å². The second kappa shape index (κ2) is 6.49. The lowest BCUT2D eigenvalue weighted by atomic mass is 9.99. The second-order valence-electron chi connectivity index (χ2n) is 4.08. The first-order chi connectivity index (χ1) is 7.27. The lowest BCUT2D eigenvalue weighted by molar-refractivity contribution is 0.309. The number of rotatable bonds is 6. The molecule has 15 heavy (non-hydrogen) atoms. The summed E-state index contributed by atoms with van der Waals surface area (Å²) in [4.78, 5) is 0. The minimum Gasteiger partial charge on any atom is -0.494 e. The first-order valence-corrected chi connectivity index (χ1v) is 6.00. The van der Waals surface area contributed by atoms with E-state index in [4.69, 9.17) is 4.74 Å². The van der Waals surface area contributed by atoms with Crippen molar-refractivity contribution in [2.24, 2.45) is 0 Å². The van der Waals surface area contributed by atoms with E-state index in [0.29, 0.717) is 5.92 Å². The molecule has 1 rings (SSSR count). The zero-order valence-corrected chi connectivity index (χ0v) is 10.1. The predicted octanol–water partition coefficient (Wildman–Crippen LogP) is 4.38. The fourth-order valence-electron chi connectivity index (χ4n) is 1.48. The first kappa shape index (κ1) is 12.1. The van der Waals surface area contributed by atoms with Crippen molar-refractivity contribution in [1.29, 1.82) is 0 Å². The van der Waals surface area contributed by atoms with Crippen LogP contribution in [-0.2, 0) is 0 Å². The molecule has 0 saturated carbocycles. The van der Waals surface area contributed by atoms with Crippen LogP contribution in [0.5, 0.6) is 5.75 Å². The summed E-state index contributed by atoms with van der Waals surface area (Å²) in [7, 11) is 0. The number of benzene rings is 1. The number of hydrogen-bond donors (Lipinski definition) is 0. The summed E-state index contributed by atoms with van der Waals surface area (Å²) in [6, 6.07) is 8.48. The molecule has 1 atom stereocenters. The second-order valence-corrected chi connectivity index (χ2v) is 4.08. The van der Waals surface area contributed by atoms with E-state index < -0.39 is 0 Å². The van der Waals surface area contributed by atoms with E-state index in [2.05, 4.69) is 39.0 Å². The summed E-state index contributed by atoms with van der Waals surface area (Å²) in [6.45, 7) is 7.49. The molecule has 0 radical (unpaired) electrons. The van der Waals surface area contributed by atoms with Crippen LogP contribution < -0.4 is 4.74 Å². The summed E-state index contributed by atoms with van der Waals surface area (Å²) in [5.41, 5.74) is 1.38. The molecule has 0 spiro atoms. The van der Waals surface area contributed by atoms with E-state index >= 15 is 0 Å². The Kier molecular flexibility index (Phi) is 5.23. The van der Waals surface area contributed by atoms with Gasteiger partial charge in [-0.1, -0.05) is 39.3 Å². The van der Waals surface area contributed by atoms with Crippen LogP contribution in [0.2, 0.25) is 0 Å². The average molecular weight is 206 g/mol. The van der Waals surface area contributed by atoms with Gasteiger partial charge in [0.05, 0.1) is 6.61 Å². The van der Waals surface area contributed by atoms with Crippen molar-refractivity contribution in [3.8, 4) is 5.75 Å². The maximum atomic E-state index is 5.68. The Labute approximate surface area is 93.5 Å². The van der Waals surface area contributed by atoms with Crippen LogP contribution in [-0.4, -0.2) is 6.61 Å². The largest absolute Gasteiger partial charge is 0.494 e. The molecule has 1 aromatic carbocycles. The predicted molar refractivity (Wildman–Crippen MR) is 65.6 cm³/mol. The van der Waals surface area contributed by atoms with Gasteiger partial charge in [0.15, 0.2) is 0 Å². The number of hydrogen-bond acceptors (Lipinski definition) is 1. The van der Waals surface area contributed by atoms with E-state index in [-0.39, 0.29) is 0 Å². The van der Waals surface area contributed by atoms with Crippen LogP contribution in [0, 0.1) is 0 Å². The highest BCUT2D eigenvalue weighted by Crippen LogP contribution is 2.22. The highest BCUT2D eigenvalue weighted by molar-refractivity contribution is 5.30. The van der Waals surface area contributed by atoms with Gasteiger partial charge in [-0.25, -0.2) is 0 Å². The van der Waals surface area contributed by atoms with E-state index in [0.717, 1.165) is 18.8 Å². The van der Waals surface area contributed by atoms with Gasteiger partial charge in [-0.05, 0) is 36.5 Å². The zero-order chi connectivity index (χ0) is 11.1. The monoisotopic (exact) mass is 206 g/mol. The third-order valence-electron chi connectivity index (χ3n) is 2.81. The molecule has 1 nitrogen and oxygen atoms in total. The van der Waals surface area contributed by atoms with E-state index in [9.17, 15) is 0 Å². The number of ether oxygens (including phenoxy) is 1. The Morgan fingerprint density at radius 2 is 2.07 bits per heavy atom. The molecular weight excluding hydrogens is 184 g/mol. The topological polar surface area (TPSA) is 9.23 Å². The maximum Gasteiger partial charge on any atom is 0.119 e. The van der Waals surface area contributed by atoms with Gasteiger partial charge in [-0.3, -0.25) is 0 Å². The van der Waals surface area contributed by atoms with Crippen molar-refractivity contribution in [2.45, 2.75) is 46.0 Å². The molecule has 0 aliphatic rings. The van der Waals surface area contributed by atoms with Crippen molar-refractivity contribution in [3.63, 3.8) is 0 Å². The third kappa shape index (κ3) is 3.94. The van der Waals surface area contributed by atoms with Gasteiger partial charge in [-0.15, -0.1) is 0 Å². The molecule has 0 amide bonds. The molecule has 0 bridgehead atoms. The van der Waals surface area contributed by atoms with Crippen molar-refractivity contribution in [1.82, 2.24) is 0 Å². The Balaban J connectivity index is 2.57. The van der Waals surface area contributed by atoms with Crippen LogP contribution in [0.25, 0.3) is 0 Å². The lowest BCUT2D eigenvalue weighted by Gasteiger charge is -2.11. The summed E-state index contributed by atoms with van der Waals surface area (Å²) in [5, 5.41) is 0. The van der Waals surface area contributed by atoms with Gasteiger partial charge in [0, 0.05) is 0 Å². The fraction of sp³-hybridized carbons (Fsp3) is 0.571. The molecule has 0 aliphatic heterocycles. The average Bonchev–Trinajstić information content (AvgIpc) is 2.29. The minimum atomic E-state index is 0.625. The molecule has 84 valence electrons. The first-order valence-electron chi connectivity index (χ1n) is 6.00. The maximum absolute atomic E-state index is 5.68. The van der Waals surface area contributed by atoms with Crippen LogP contribution in [0.4, 0.5) is 0 Å². The van der Waals surface area contributed by atoms with Crippen molar-refractivity contribution >= 4 is 0 Å². The molecule has 0 N–H and O–H groups in total. The fourth-order valence-corrected chi connectivity index (χ4v) is 1.48. The highest BCUT2D eigenvalue weighted by atomic mass is 16.5. The Bertz CT molecular complexity index is 280. The number of unbranched alkanes of at least 4 members (excludes halogenated alkanes) is 1. The van der Waals surface area contributed by atoms with Gasteiger partial charge in [0.25, 0.3) is 0 Å². The summed E-state index contributed by atoms with van der Waals surface area (Å²) in [6.07, 6.45) is 3.50. The van der Waals surface area contributed by atoms with Crippen molar-refractivity contribution in [2.75, 3.05) is 6.61 Å². The SMILES string of the molecule is CCCCOc1cccc(C(C)CC)c1. The lowest BCUT2D eigenvalue weighted by Crippen LogP contribution is -1.98. The van der Waals surface area contributed by atoms with Crippen LogP contribution in [0.3, 0.4) is 0 Å². The van der Waals surface area contributed by atoms with Gasteiger partial charge >= 0.3 is 0 Å². The van der Waals surface area contributed by atoms with Crippen molar-refractivity contribution in [3.05, 3.63) is 29.8 Å². The van der Waals surface area contributed by atoms with Gasteiger partial charge < -0.3 is 4.74 Å². The highest BCUT2D eigenvalue weighted by Gasteiger charge is 2.03. The zero-order valence-electron chi connectivity index (χ0n) is 10.1. The smallest absolute Gasteiger partial charge is 0.119 e. The minimum absolute atomic E-state index is 0.625. The summed E-state index contributed by atoms with van der Waals surface area (Å²) >= 11 is 0. The van der Waals surface area contributed by atoms with Crippen molar-refractivity contribution < 1.29 is 4.74 Å². The Morgan fingerprint density at radius 3 is 2.73 bits per heavy atom. The Morgan fingerprint density at radius 1 is 1.27 bits per heavy atom. The molecule has 0 saturated heterocycles. The quantitative estimate of drug-likeness (QED) is 0.628. The molecule has 0 fully saturated rings. The van der Waals surface area contributed by atoms with Crippen LogP contribution >= 0.6 is 0 Å². The van der Waals surface area contributed by atoms with E-state index in [1.807, 2.05) is 6.07 Å². The Hall–Kier alpha value is -0.980. The molecule has 0 heterocycles. The molecule has 1 heteroatoms. The molecule has 1 unspecified atom stereocenters. The molecular formula is C14H22O. The summed E-state index contributed by atoms with van der Waals surface area (Å²) in [5.74, 6) is 1.64. The van der Waals surface area contributed by atoms with Gasteiger partial charge in [-0.2, -0.15) is 0 Å². The van der Waals surface area contributed by atoms with Gasteiger partial charge in [0.2, 0.25) is 0 Å². The summed E-state index contributed by atoms with van der Waals surface area (Å²) < 4.78 is 5.68. The van der Waals surface area contributed by atoms with Crippen LogP contribution in [0.15, 0.2) is 24.3 Å². The van der Waals surface area contributed by atoms with E-state index in [1.54, 1.807) is 0 Å². The standard InChI is InChI=1S/C14H22O/c1-4-6-10-15-14-9-7-8-13(11-14)12(3)5-2/h7-9,11-12H,4-6,10H2,1-3H3. The molecule has 0 aromatic heterocycles. The normalized spacial score (nSPS) is 12.5.